The summed E-state index contributed by atoms with van der Waals surface area (Å²) in [6.07, 6.45) is 1.21. The molecule has 0 spiro atoms. The molecule has 0 N–H and O–H groups in total. The zero-order valence-corrected chi connectivity index (χ0v) is 9.07. The molecule has 0 aromatic carbocycles. The van der Waals surface area contributed by atoms with E-state index in [-0.39, 0.29) is 17.4 Å². The van der Waals surface area contributed by atoms with Crippen molar-refractivity contribution in [2.24, 2.45) is 0 Å². The van der Waals surface area contributed by atoms with E-state index in [0.717, 1.165) is 0 Å². The van der Waals surface area contributed by atoms with Crippen molar-refractivity contribution in [3.63, 3.8) is 0 Å². The Morgan fingerprint density at radius 2 is 1.53 bits per heavy atom. The molecule has 0 atom stereocenters. The van der Waals surface area contributed by atoms with Crippen LogP contribution in [-0.4, -0.2) is 28.4 Å². The molecular formula is C9H13NO5. The van der Waals surface area contributed by atoms with Crippen LogP contribution < -0.4 is 23.7 Å². The Hall–Kier alpha value is -1.85. The first-order valence-corrected chi connectivity index (χ1v) is 4.15. The van der Waals surface area contributed by atoms with Crippen LogP contribution in [0.25, 0.3) is 0 Å². The van der Waals surface area contributed by atoms with Gasteiger partial charge in [-0.05, 0) is 0 Å². The summed E-state index contributed by atoms with van der Waals surface area (Å²) in [4.78, 5) is 0. The van der Waals surface area contributed by atoms with E-state index in [0.29, 0.717) is 10.5 Å². The number of hydrogen-bond donors (Lipinski definition) is 0. The van der Waals surface area contributed by atoms with Crippen molar-refractivity contribution in [1.29, 1.82) is 0 Å². The van der Waals surface area contributed by atoms with Gasteiger partial charge in [0.15, 0.2) is 0 Å². The maximum Gasteiger partial charge on any atom is 0.427 e. The van der Waals surface area contributed by atoms with Gasteiger partial charge in [0, 0.05) is 0 Å². The van der Waals surface area contributed by atoms with E-state index in [2.05, 4.69) is 0 Å². The van der Waals surface area contributed by atoms with Gasteiger partial charge in [0.1, 0.15) is 0 Å². The molecule has 1 heterocycles. The quantitative estimate of drug-likeness (QED) is 0.535. The SMILES string of the molecule is COc1c[n+]([O-])c(OC)c(OC)c1OC. The number of nitrogens with zero attached hydrogens (tertiary/aromatic N) is 1. The van der Waals surface area contributed by atoms with Crippen molar-refractivity contribution in [2.45, 2.75) is 0 Å². The van der Waals surface area contributed by atoms with Crippen LogP contribution in [0.1, 0.15) is 0 Å². The van der Waals surface area contributed by atoms with Gasteiger partial charge in [-0.25, -0.2) is 0 Å². The van der Waals surface area contributed by atoms with Gasteiger partial charge < -0.3 is 24.2 Å². The normalized spacial score (nSPS) is 9.60. The monoisotopic (exact) mass is 215 g/mol. The molecule has 0 amide bonds. The Balaban J connectivity index is 3.44. The molecule has 0 unspecified atom stereocenters. The average molecular weight is 215 g/mol. The molecule has 84 valence electrons. The number of rotatable bonds is 4. The highest BCUT2D eigenvalue weighted by molar-refractivity contribution is 5.52. The topological polar surface area (TPSA) is 63.9 Å². The van der Waals surface area contributed by atoms with Crippen LogP contribution >= 0.6 is 0 Å². The third-order valence-electron chi connectivity index (χ3n) is 1.88. The van der Waals surface area contributed by atoms with Crippen LogP contribution in [-0.2, 0) is 0 Å². The van der Waals surface area contributed by atoms with Crippen molar-refractivity contribution < 1.29 is 23.7 Å². The molecule has 0 aliphatic carbocycles. The molecule has 1 aromatic heterocycles. The summed E-state index contributed by atoms with van der Waals surface area (Å²) in [6, 6.07) is 0. The maximum atomic E-state index is 11.5. The Labute approximate surface area is 87.5 Å². The van der Waals surface area contributed by atoms with Gasteiger partial charge in [-0.3, -0.25) is 0 Å². The van der Waals surface area contributed by atoms with E-state index in [1.54, 1.807) is 0 Å². The van der Waals surface area contributed by atoms with E-state index in [4.69, 9.17) is 18.9 Å². The minimum Gasteiger partial charge on any atom is -0.616 e. The predicted molar refractivity (Wildman–Crippen MR) is 51.6 cm³/mol. The van der Waals surface area contributed by atoms with Gasteiger partial charge in [0.2, 0.25) is 17.7 Å². The van der Waals surface area contributed by atoms with Crippen molar-refractivity contribution in [3.8, 4) is 23.1 Å². The van der Waals surface area contributed by atoms with Gasteiger partial charge in [-0.15, -0.1) is 4.73 Å². The molecule has 0 saturated carbocycles. The largest absolute Gasteiger partial charge is 0.616 e. The summed E-state index contributed by atoms with van der Waals surface area (Å²) in [5, 5.41) is 11.5. The lowest BCUT2D eigenvalue weighted by molar-refractivity contribution is -0.613. The summed E-state index contributed by atoms with van der Waals surface area (Å²) in [6.45, 7) is 0. The molecule has 0 bridgehead atoms. The number of ether oxygens (including phenoxy) is 4. The molecule has 1 rings (SSSR count). The standard InChI is InChI=1S/C9H13NO5/c1-12-6-5-10(11)9(15-4)8(14-3)7(6)13-2/h5H,1-4H3. The molecule has 0 saturated heterocycles. The number of pyridine rings is 1. The molecule has 6 heteroatoms. The summed E-state index contributed by atoms with van der Waals surface area (Å²) in [5.74, 6) is 0.832. The minimum absolute atomic E-state index is 0.0233. The first kappa shape index (κ1) is 11.2. The van der Waals surface area contributed by atoms with Crippen molar-refractivity contribution in [2.75, 3.05) is 28.4 Å². The van der Waals surface area contributed by atoms with Gasteiger partial charge in [-0.2, -0.15) is 0 Å². The average Bonchev–Trinajstić information content (AvgIpc) is 2.27. The highest BCUT2D eigenvalue weighted by Gasteiger charge is 2.25. The molecule has 6 nitrogen and oxygen atoms in total. The summed E-state index contributed by atoms with van der Waals surface area (Å²) < 4.78 is 20.5. The first-order valence-electron chi connectivity index (χ1n) is 4.15. The van der Waals surface area contributed by atoms with Crippen LogP contribution in [0.3, 0.4) is 0 Å². The summed E-state index contributed by atoms with van der Waals surface area (Å²) in [7, 11) is 5.68. The lowest BCUT2D eigenvalue weighted by Crippen LogP contribution is -2.29. The fourth-order valence-electron chi connectivity index (χ4n) is 1.23. The maximum absolute atomic E-state index is 11.5. The van der Waals surface area contributed by atoms with Gasteiger partial charge in [-0.1, -0.05) is 0 Å². The van der Waals surface area contributed by atoms with Crippen molar-refractivity contribution in [3.05, 3.63) is 11.4 Å². The molecule has 0 radical (unpaired) electrons. The van der Waals surface area contributed by atoms with E-state index < -0.39 is 0 Å². The molecule has 1 aromatic rings. The molecule has 0 aliphatic rings. The number of methoxy groups -OCH3 is 4. The van der Waals surface area contributed by atoms with Gasteiger partial charge >= 0.3 is 5.88 Å². The van der Waals surface area contributed by atoms with E-state index in [9.17, 15) is 5.21 Å². The molecule has 0 fully saturated rings. The van der Waals surface area contributed by atoms with Gasteiger partial charge in [0.25, 0.3) is 5.75 Å². The van der Waals surface area contributed by atoms with Crippen LogP contribution in [0, 0.1) is 5.21 Å². The molecule has 15 heavy (non-hydrogen) atoms. The second-order valence-corrected chi connectivity index (χ2v) is 2.60. The Bertz CT molecular complexity index is 353. The van der Waals surface area contributed by atoms with Crippen LogP contribution in [0.2, 0.25) is 0 Å². The van der Waals surface area contributed by atoms with Crippen molar-refractivity contribution in [1.82, 2.24) is 0 Å². The van der Waals surface area contributed by atoms with Crippen LogP contribution in [0.4, 0.5) is 0 Å². The summed E-state index contributed by atoms with van der Waals surface area (Å²) in [5.41, 5.74) is 0. The lowest BCUT2D eigenvalue weighted by Gasteiger charge is -2.13. The first-order chi connectivity index (χ1) is 7.19. The van der Waals surface area contributed by atoms with E-state index in [1.165, 1.54) is 34.6 Å². The van der Waals surface area contributed by atoms with E-state index in [1.807, 2.05) is 0 Å². The highest BCUT2D eigenvalue weighted by atomic mass is 16.6. The summed E-state index contributed by atoms with van der Waals surface area (Å²) >= 11 is 0. The van der Waals surface area contributed by atoms with Gasteiger partial charge in [0.05, 0.1) is 28.4 Å². The second-order valence-electron chi connectivity index (χ2n) is 2.60. The zero-order valence-electron chi connectivity index (χ0n) is 9.07. The fourth-order valence-corrected chi connectivity index (χ4v) is 1.23. The number of aromatic nitrogens is 1. The lowest BCUT2D eigenvalue weighted by atomic mass is 10.3. The molecular weight excluding hydrogens is 202 g/mol. The molecule has 0 aliphatic heterocycles. The minimum atomic E-state index is 0.0233. The predicted octanol–water partition coefficient (Wildman–Crippen LogP) is 0.354. The van der Waals surface area contributed by atoms with Crippen molar-refractivity contribution >= 4 is 0 Å². The third-order valence-corrected chi connectivity index (χ3v) is 1.88. The Kier molecular flexibility index (Phi) is 3.43. The Morgan fingerprint density at radius 1 is 0.933 bits per heavy atom. The Morgan fingerprint density at radius 3 is 1.93 bits per heavy atom. The highest BCUT2D eigenvalue weighted by Crippen LogP contribution is 2.40. The zero-order chi connectivity index (χ0) is 11.4. The van der Waals surface area contributed by atoms with E-state index >= 15 is 0 Å². The third kappa shape index (κ3) is 1.83. The van der Waals surface area contributed by atoms with Crippen LogP contribution in [0.5, 0.6) is 23.1 Å². The number of hydrogen-bond acceptors (Lipinski definition) is 5. The fraction of sp³-hybridized carbons (Fsp3) is 0.444. The smallest absolute Gasteiger partial charge is 0.427 e. The van der Waals surface area contributed by atoms with Crippen LogP contribution in [0.15, 0.2) is 6.20 Å². The second kappa shape index (κ2) is 4.59.